The van der Waals surface area contributed by atoms with Crippen molar-refractivity contribution in [2.24, 2.45) is 0 Å². The first-order chi connectivity index (χ1) is 15.6. The Morgan fingerprint density at radius 1 is 0.750 bits per heavy atom. The Hall–Kier alpha value is -2.81. The van der Waals surface area contributed by atoms with E-state index < -0.39 is 5.31 Å². The molecule has 5 rings (SSSR count). The van der Waals surface area contributed by atoms with E-state index in [-0.39, 0.29) is 11.6 Å². The number of benzene rings is 3. The first kappa shape index (κ1) is 21.1. The van der Waals surface area contributed by atoms with Gasteiger partial charge < -0.3 is 0 Å². The van der Waals surface area contributed by atoms with Gasteiger partial charge in [-0.05, 0) is 0 Å². The maximum absolute atomic E-state index is 14.2. The molecule has 0 aliphatic carbocycles. The Kier molecular flexibility index (Phi) is 5.44. The molecule has 0 radical (unpaired) electrons. The Labute approximate surface area is 196 Å². The van der Waals surface area contributed by atoms with E-state index in [1.54, 1.807) is 12.4 Å². The fourth-order valence-corrected chi connectivity index (χ4v) is 13.7. The third-order valence-corrected chi connectivity index (χ3v) is 17.2. The van der Waals surface area contributed by atoms with Crippen molar-refractivity contribution in [3.8, 4) is 0 Å². The number of carbonyl (C=O) groups excluding carboxylic acids is 1. The first-order valence-electron chi connectivity index (χ1n) is 10.8. The number of anilines is 1. The standard InChI is InChI=1S/C27H24BrN2OP/c28-32(23-12-4-1-5-13-23,24-14-6-2-7-15-24,25-16-8-3-9-17-25)26-18-20-30(27(26)31)22-11-10-19-29-21-22/h1-17,19,21,26H,18,20H2. The summed E-state index contributed by atoms with van der Waals surface area (Å²) in [5, 5.41) is 0.154. The number of rotatable bonds is 5. The molecular weight excluding hydrogens is 479 g/mol. The van der Waals surface area contributed by atoms with E-state index in [2.05, 4.69) is 93.3 Å². The molecule has 0 spiro atoms. The van der Waals surface area contributed by atoms with E-state index in [0.717, 1.165) is 12.1 Å². The number of carbonyl (C=O) groups is 1. The van der Waals surface area contributed by atoms with Gasteiger partial charge in [-0.2, -0.15) is 0 Å². The number of hydrogen-bond donors (Lipinski definition) is 0. The number of nitrogens with zero attached hydrogens (tertiary/aromatic N) is 2. The van der Waals surface area contributed by atoms with E-state index in [9.17, 15) is 4.79 Å². The molecule has 1 aliphatic heterocycles. The van der Waals surface area contributed by atoms with Crippen molar-refractivity contribution in [2.75, 3.05) is 11.4 Å². The van der Waals surface area contributed by atoms with Crippen LogP contribution in [-0.2, 0) is 4.79 Å². The number of halogens is 1. The van der Waals surface area contributed by atoms with E-state index >= 15 is 0 Å². The van der Waals surface area contributed by atoms with Crippen LogP contribution in [0.2, 0.25) is 0 Å². The minimum absolute atomic E-state index is 0.143. The molecule has 1 amide bonds. The first-order valence-corrected chi connectivity index (χ1v) is 15.1. The molecule has 1 fully saturated rings. The van der Waals surface area contributed by atoms with Gasteiger partial charge in [-0.1, -0.05) is 0 Å². The Morgan fingerprint density at radius 2 is 1.25 bits per heavy atom. The zero-order valence-electron chi connectivity index (χ0n) is 17.6. The van der Waals surface area contributed by atoms with Gasteiger partial charge in [0.05, 0.1) is 0 Å². The Balaban J connectivity index is 1.81. The van der Waals surface area contributed by atoms with Crippen molar-refractivity contribution in [3.05, 3.63) is 116 Å². The summed E-state index contributed by atoms with van der Waals surface area (Å²) in [5.74, 6) is 0.143. The molecule has 3 nitrogen and oxygen atoms in total. The minimum atomic E-state index is -3.35. The number of aromatic nitrogens is 1. The number of pyridine rings is 1. The molecule has 5 heteroatoms. The number of amides is 1. The van der Waals surface area contributed by atoms with Crippen LogP contribution >= 0.6 is 20.8 Å². The van der Waals surface area contributed by atoms with Crippen LogP contribution in [-0.4, -0.2) is 23.1 Å². The monoisotopic (exact) mass is 502 g/mol. The molecule has 0 N–H and O–H groups in total. The van der Waals surface area contributed by atoms with Gasteiger partial charge in [0.2, 0.25) is 0 Å². The third-order valence-electron chi connectivity index (χ3n) is 6.50. The van der Waals surface area contributed by atoms with Crippen LogP contribution in [0.3, 0.4) is 0 Å². The second-order valence-electron chi connectivity index (χ2n) is 8.09. The Bertz CT molecular complexity index is 1120. The zero-order valence-corrected chi connectivity index (χ0v) is 20.1. The van der Waals surface area contributed by atoms with Crippen molar-refractivity contribution >= 4 is 48.3 Å². The van der Waals surface area contributed by atoms with E-state index in [0.29, 0.717) is 6.54 Å². The van der Waals surface area contributed by atoms with E-state index in [1.807, 2.05) is 35.2 Å². The topological polar surface area (TPSA) is 33.2 Å². The molecule has 3 aromatic carbocycles. The predicted molar refractivity (Wildman–Crippen MR) is 139 cm³/mol. The molecule has 1 unspecified atom stereocenters. The normalized spacial score (nSPS) is 17.7. The van der Waals surface area contributed by atoms with E-state index in [4.69, 9.17) is 0 Å². The van der Waals surface area contributed by atoms with Crippen molar-refractivity contribution in [2.45, 2.75) is 12.1 Å². The number of hydrogen-bond acceptors (Lipinski definition) is 2. The Morgan fingerprint density at radius 3 is 1.69 bits per heavy atom. The van der Waals surface area contributed by atoms with Gasteiger partial charge in [-0.25, -0.2) is 0 Å². The summed E-state index contributed by atoms with van der Waals surface area (Å²) in [7, 11) is 0. The summed E-state index contributed by atoms with van der Waals surface area (Å²) in [6.45, 7) is 0.672. The molecule has 0 saturated carbocycles. The molecule has 4 aromatic rings. The quantitative estimate of drug-likeness (QED) is 0.358. The van der Waals surface area contributed by atoms with Gasteiger partial charge in [0.25, 0.3) is 0 Å². The maximum atomic E-state index is 14.2. The zero-order chi connectivity index (χ0) is 22.0. The molecule has 32 heavy (non-hydrogen) atoms. The van der Waals surface area contributed by atoms with Gasteiger partial charge in [-0.15, -0.1) is 0 Å². The summed E-state index contributed by atoms with van der Waals surface area (Å²) in [4.78, 5) is 20.3. The van der Waals surface area contributed by atoms with Crippen LogP contribution in [0.4, 0.5) is 5.69 Å². The van der Waals surface area contributed by atoms with Gasteiger partial charge in [0.15, 0.2) is 0 Å². The molecule has 2 heterocycles. The van der Waals surface area contributed by atoms with Crippen LogP contribution in [0.5, 0.6) is 0 Å². The third kappa shape index (κ3) is 3.05. The molecule has 1 saturated heterocycles. The summed E-state index contributed by atoms with van der Waals surface area (Å²) < 4.78 is 0. The molecule has 1 aliphatic rings. The molecular formula is C27H24BrN2OP. The summed E-state index contributed by atoms with van der Waals surface area (Å²) in [6, 6.07) is 35.4. The van der Waals surface area contributed by atoms with Gasteiger partial charge in [0.1, 0.15) is 0 Å². The average Bonchev–Trinajstić information content (AvgIpc) is 3.28. The molecule has 0 bridgehead atoms. The average molecular weight is 503 g/mol. The second-order valence-corrected chi connectivity index (χ2v) is 16.8. The fraction of sp³-hybridized carbons (Fsp3) is 0.111. The van der Waals surface area contributed by atoms with Crippen LogP contribution < -0.4 is 20.8 Å². The van der Waals surface area contributed by atoms with Crippen molar-refractivity contribution in [1.82, 2.24) is 4.98 Å². The van der Waals surface area contributed by atoms with Crippen LogP contribution in [0, 0.1) is 0 Å². The molecule has 1 atom stereocenters. The van der Waals surface area contributed by atoms with Crippen LogP contribution in [0.1, 0.15) is 6.42 Å². The summed E-state index contributed by atoms with van der Waals surface area (Å²) in [6.07, 6.45) is 4.27. The van der Waals surface area contributed by atoms with Crippen molar-refractivity contribution in [1.29, 1.82) is 0 Å². The van der Waals surface area contributed by atoms with Gasteiger partial charge in [-0.3, -0.25) is 0 Å². The second kappa shape index (κ2) is 8.27. The van der Waals surface area contributed by atoms with Crippen LogP contribution in [0.15, 0.2) is 116 Å². The predicted octanol–water partition coefficient (Wildman–Crippen LogP) is 5.03. The fourth-order valence-electron chi connectivity index (χ4n) is 5.03. The summed E-state index contributed by atoms with van der Waals surface area (Å²) >= 11 is 4.45. The SMILES string of the molecule is O=C1C(P(Br)(c2ccccc2)(c2ccccc2)c2ccccc2)CCN1c1cccnc1. The van der Waals surface area contributed by atoms with Crippen molar-refractivity contribution in [3.63, 3.8) is 0 Å². The summed E-state index contributed by atoms with van der Waals surface area (Å²) in [5.41, 5.74) is 0.625. The van der Waals surface area contributed by atoms with Crippen LogP contribution in [0.25, 0.3) is 0 Å². The molecule has 160 valence electrons. The van der Waals surface area contributed by atoms with Gasteiger partial charge in [0, 0.05) is 0 Å². The van der Waals surface area contributed by atoms with Crippen molar-refractivity contribution < 1.29 is 4.79 Å². The van der Waals surface area contributed by atoms with E-state index in [1.165, 1.54) is 15.9 Å². The van der Waals surface area contributed by atoms with Gasteiger partial charge >= 0.3 is 197 Å². The molecule has 1 aromatic heterocycles.